The first kappa shape index (κ1) is 30.5. The number of anilines is 2. The van der Waals surface area contributed by atoms with E-state index >= 15 is 0 Å². The second-order valence-electron chi connectivity index (χ2n) is 10.8. The summed E-state index contributed by atoms with van der Waals surface area (Å²) in [6, 6.07) is 8.71. The first-order valence-corrected chi connectivity index (χ1v) is 14.5. The van der Waals surface area contributed by atoms with Crippen LogP contribution in [0.1, 0.15) is 31.7 Å². The van der Waals surface area contributed by atoms with Crippen LogP contribution in [0.15, 0.2) is 51.0 Å². The molecule has 1 aromatic carbocycles. The highest BCUT2D eigenvalue weighted by molar-refractivity contribution is 5.80. The molecule has 0 radical (unpaired) electrons. The van der Waals surface area contributed by atoms with Gasteiger partial charge in [-0.15, -0.1) is 0 Å². The number of hydrogen-bond donors (Lipinski definition) is 0. The van der Waals surface area contributed by atoms with Gasteiger partial charge in [-0.1, -0.05) is 30.7 Å². The van der Waals surface area contributed by atoms with E-state index < -0.39 is 0 Å². The molecule has 0 spiro atoms. The lowest BCUT2D eigenvalue weighted by molar-refractivity contribution is 0.122. The van der Waals surface area contributed by atoms with Gasteiger partial charge in [0.2, 0.25) is 0 Å². The quantitative estimate of drug-likeness (QED) is 0.338. The van der Waals surface area contributed by atoms with Crippen LogP contribution in [0, 0.1) is 0 Å². The average molecular weight is 560 g/mol. The highest BCUT2D eigenvalue weighted by atomic mass is 16.5. The van der Waals surface area contributed by atoms with Crippen LogP contribution in [0.5, 0.6) is 0 Å². The molecule has 0 saturated carbocycles. The van der Waals surface area contributed by atoms with Crippen LogP contribution in [0.25, 0.3) is 11.4 Å². The summed E-state index contributed by atoms with van der Waals surface area (Å²) in [7, 11) is 4.10. The van der Waals surface area contributed by atoms with Gasteiger partial charge in [0.25, 0.3) is 0 Å². The first-order chi connectivity index (χ1) is 20.0. The summed E-state index contributed by atoms with van der Waals surface area (Å²) in [4.78, 5) is 31.9. The van der Waals surface area contributed by atoms with Gasteiger partial charge in [0.05, 0.1) is 19.9 Å². The van der Waals surface area contributed by atoms with E-state index in [-0.39, 0.29) is 0 Å². The van der Waals surface area contributed by atoms with Crippen LogP contribution in [-0.4, -0.2) is 113 Å². The van der Waals surface area contributed by atoms with Crippen molar-refractivity contribution < 1.29 is 4.74 Å². The fourth-order valence-corrected chi connectivity index (χ4v) is 5.10. The van der Waals surface area contributed by atoms with Crippen LogP contribution < -0.4 is 9.80 Å². The molecule has 2 fully saturated rings. The number of allylic oxidation sites excluding steroid dienone is 1. The Morgan fingerprint density at radius 3 is 2.41 bits per heavy atom. The molecular formula is C31H45N9O. The summed E-state index contributed by atoms with van der Waals surface area (Å²) >= 11 is 0. The number of nitrogens with zero attached hydrogens (tertiary/aromatic N) is 9. The summed E-state index contributed by atoms with van der Waals surface area (Å²) in [6.07, 6.45) is 7.45. The molecule has 41 heavy (non-hydrogen) atoms. The van der Waals surface area contributed by atoms with Crippen LogP contribution >= 0.6 is 0 Å². The highest BCUT2D eigenvalue weighted by Gasteiger charge is 2.23. The Labute approximate surface area is 245 Å². The second kappa shape index (κ2) is 15.5. The number of aliphatic imine (C=N–C) groups is 3. The minimum Gasteiger partial charge on any atom is -0.378 e. The molecule has 10 heteroatoms. The SMILES string of the molecule is C=N/C=C(C)\C=N/CN(C)CCN(C)c1nc(-c2ccc(CN3CCCCC3)cc2)nc(N2CCOCC2)c1N=C. The molecule has 2 aromatic rings. The van der Waals surface area contributed by atoms with Crippen molar-refractivity contribution >= 4 is 37.0 Å². The topological polar surface area (TPSA) is 85.1 Å². The predicted molar refractivity (Wildman–Crippen MR) is 171 cm³/mol. The molecule has 0 aliphatic carbocycles. The Kier molecular flexibility index (Phi) is 11.5. The zero-order valence-corrected chi connectivity index (χ0v) is 25.0. The van der Waals surface area contributed by atoms with Crippen molar-refractivity contribution in [1.29, 1.82) is 0 Å². The number of piperidine rings is 1. The van der Waals surface area contributed by atoms with Crippen molar-refractivity contribution in [2.45, 2.75) is 32.7 Å². The van der Waals surface area contributed by atoms with E-state index in [0.29, 0.717) is 31.4 Å². The van der Waals surface area contributed by atoms with Crippen LogP contribution in [0.2, 0.25) is 0 Å². The average Bonchev–Trinajstić information content (AvgIpc) is 3.00. The van der Waals surface area contributed by atoms with Gasteiger partial charge in [0, 0.05) is 57.7 Å². The molecular weight excluding hydrogens is 514 g/mol. The molecule has 2 aliphatic rings. The maximum absolute atomic E-state index is 5.61. The number of aromatic nitrogens is 2. The van der Waals surface area contributed by atoms with E-state index in [4.69, 9.17) is 14.7 Å². The lowest BCUT2D eigenvalue weighted by Crippen LogP contribution is -2.37. The summed E-state index contributed by atoms with van der Waals surface area (Å²) in [5.41, 5.74) is 3.99. The molecule has 0 N–H and O–H groups in total. The monoisotopic (exact) mass is 559 g/mol. The van der Waals surface area contributed by atoms with Gasteiger partial charge < -0.3 is 14.5 Å². The van der Waals surface area contributed by atoms with E-state index in [0.717, 1.165) is 55.5 Å². The standard InChI is InChI=1S/C31H45N9O/c1-25(21-32-2)22-34-24-37(4)15-16-38(5)30-28(33-3)31(40-17-19-41-20-18-40)36-29(35-30)27-11-9-26(10-12-27)23-39-13-7-6-8-14-39/h9-12,21-22H,2-3,6-8,13-20,23-24H2,1,4-5H3/b25-21-,34-22-. The molecule has 2 aliphatic heterocycles. The molecule has 3 heterocycles. The number of likely N-dealkylation sites (tertiary alicyclic amines) is 1. The second-order valence-corrected chi connectivity index (χ2v) is 10.8. The van der Waals surface area contributed by atoms with E-state index in [1.165, 1.54) is 37.9 Å². The fourth-order valence-electron chi connectivity index (χ4n) is 5.10. The van der Waals surface area contributed by atoms with Crippen LogP contribution in [0.4, 0.5) is 17.3 Å². The van der Waals surface area contributed by atoms with Gasteiger partial charge in [0.15, 0.2) is 17.5 Å². The third-order valence-electron chi connectivity index (χ3n) is 7.47. The van der Waals surface area contributed by atoms with Gasteiger partial charge in [-0.3, -0.25) is 24.8 Å². The molecule has 1 aromatic heterocycles. The molecule has 0 unspecified atom stereocenters. The van der Waals surface area contributed by atoms with Crippen LogP contribution in [0.3, 0.4) is 0 Å². The lowest BCUT2D eigenvalue weighted by atomic mass is 10.1. The summed E-state index contributed by atoms with van der Waals surface area (Å²) in [6.45, 7) is 17.7. The third-order valence-corrected chi connectivity index (χ3v) is 7.47. The van der Waals surface area contributed by atoms with Crippen molar-refractivity contribution in [3.63, 3.8) is 0 Å². The predicted octanol–water partition coefficient (Wildman–Crippen LogP) is 4.30. The zero-order valence-electron chi connectivity index (χ0n) is 25.0. The van der Waals surface area contributed by atoms with E-state index in [9.17, 15) is 0 Å². The zero-order chi connectivity index (χ0) is 29.0. The van der Waals surface area contributed by atoms with Crippen LogP contribution in [-0.2, 0) is 11.3 Å². The van der Waals surface area contributed by atoms with Crippen molar-refractivity contribution in [2.75, 3.05) is 83.0 Å². The van der Waals surface area contributed by atoms with Crippen molar-refractivity contribution in [2.24, 2.45) is 15.0 Å². The molecule has 0 bridgehead atoms. The maximum atomic E-state index is 5.61. The first-order valence-electron chi connectivity index (χ1n) is 14.5. The number of hydrogen-bond acceptors (Lipinski definition) is 10. The van der Waals surface area contributed by atoms with E-state index in [1.807, 2.05) is 20.2 Å². The maximum Gasteiger partial charge on any atom is 0.164 e. The molecule has 0 atom stereocenters. The Morgan fingerprint density at radius 1 is 1.00 bits per heavy atom. The lowest BCUT2D eigenvalue weighted by Gasteiger charge is -2.31. The fraction of sp³-hybridized carbons (Fsp3) is 0.516. The number of ether oxygens (including phenoxy) is 1. The number of rotatable bonds is 13. The number of likely N-dealkylation sites (N-methyl/N-ethyl adjacent to an activating group) is 2. The summed E-state index contributed by atoms with van der Waals surface area (Å²) in [5, 5.41) is 0. The minimum absolute atomic E-state index is 0.584. The van der Waals surface area contributed by atoms with Crippen molar-refractivity contribution in [3.8, 4) is 11.4 Å². The summed E-state index contributed by atoms with van der Waals surface area (Å²) < 4.78 is 5.61. The number of benzene rings is 1. The normalized spacial score (nSPS) is 16.9. The molecule has 0 amide bonds. The van der Waals surface area contributed by atoms with Crippen molar-refractivity contribution in [3.05, 3.63) is 41.6 Å². The molecule has 4 rings (SSSR count). The third kappa shape index (κ3) is 8.76. The highest BCUT2D eigenvalue weighted by Crippen LogP contribution is 2.37. The van der Waals surface area contributed by atoms with Gasteiger partial charge in [-0.05, 0) is 64.5 Å². The van der Waals surface area contributed by atoms with E-state index in [2.05, 4.69) is 79.3 Å². The number of morpholine rings is 1. The van der Waals surface area contributed by atoms with E-state index in [1.54, 1.807) is 6.20 Å². The minimum atomic E-state index is 0.584. The van der Waals surface area contributed by atoms with Crippen molar-refractivity contribution in [1.82, 2.24) is 19.8 Å². The Morgan fingerprint density at radius 2 is 1.73 bits per heavy atom. The van der Waals surface area contributed by atoms with Gasteiger partial charge in [0.1, 0.15) is 5.69 Å². The summed E-state index contributed by atoms with van der Waals surface area (Å²) in [5.74, 6) is 2.28. The smallest absolute Gasteiger partial charge is 0.164 e. The van der Waals surface area contributed by atoms with Gasteiger partial charge in [-0.25, -0.2) is 9.97 Å². The molecule has 220 valence electrons. The molecule has 10 nitrogen and oxygen atoms in total. The van der Waals surface area contributed by atoms with Gasteiger partial charge >= 0.3 is 0 Å². The molecule has 2 saturated heterocycles. The largest absolute Gasteiger partial charge is 0.378 e. The van der Waals surface area contributed by atoms with Gasteiger partial charge in [-0.2, -0.15) is 0 Å². The Balaban J connectivity index is 1.54. The Bertz CT molecular complexity index is 1200. The Hall–Kier alpha value is -3.47.